The molecule has 3 aromatic rings. The standard InChI is InChI=1S/C34H48ClN5O5Si/c1-32(2,3)44-30(41)39(16-13-17-43-46(10,11)34(7,8)9)27-18-24(21-36-22-27)28-20-29(38-23-37-28)40(31(42)45-33(4,5)6)26-15-12-14-25(35)19-26/h12,14-15,18-23H,13,16-17H2,1-11H3. The average molecular weight is 670 g/mol. The van der Waals surface area contributed by atoms with E-state index in [4.69, 9.17) is 25.5 Å². The lowest BCUT2D eigenvalue weighted by Crippen LogP contribution is -2.42. The lowest BCUT2D eigenvalue weighted by molar-refractivity contribution is 0.0573. The minimum absolute atomic E-state index is 0.0817. The van der Waals surface area contributed by atoms with Crippen LogP contribution >= 0.6 is 11.6 Å². The number of pyridine rings is 1. The molecule has 2 heterocycles. The largest absolute Gasteiger partial charge is 0.443 e. The summed E-state index contributed by atoms with van der Waals surface area (Å²) in [6.07, 6.45) is 4.12. The molecule has 0 radical (unpaired) electrons. The molecular weight excluding hydrogens is 622 g/mol. The highest BCUT2D eigenvalue weighted by atomic mass is 35.5. The molecule has 46 heavy (non-hydrogen) atoms. The summed E-state index contributed by atoms with van der Waals surface area (Å²) in [6, 6.07) is 10.3. The van der Waals surface area contributed by atoms with Crippen LogP contribution in [0.5, 0.6) is 0 Å². The Bertz CT molecular complexity index is 1510. The predicted octanol–water partition coefficient (Wildman–Crippen LogP) is 9.42. The molecule has 2 aromatic heterocycles. The molecule has 1 aromatic carbocycles. The first-order valence-corrected chi connectivity index (χ1v) is 18.7. The quantitative estimate of drug-likeness (QED) is 0.164. The lowest BCUT2D eigenvalue weighted by atomic mass is 10.1. The summed E-state index contributed by atoms with van der Waals surface area (Å²) in [5, 5.41) is 0.535. The maximum Gasteiger partial charge on any atom is 0.420 e. The van der Waals surface area contributed by atoms with Crippen LogP contribution in [0.3, 0.4) is 0 Å². The van der Waals surface area contributed by atoms with Crippen LogP contribution in [-0.2, 0) is 13.9 Å². The number of amides is 2. The average Bonchev–Trinajstić information content (AvgIpc) is 2.91. The molecule has 0 unspecified atom stereocenters. The number of benzene rings is 1. The second kappa shape index (κ2) is 14.5. The van der Waals surface area contributed by atoms with Gasteiger partial charge in [0.25, 0.3) is 0 Å². The summed E-state index contributed by atoms with van der Waals surface area (Å²) in [4.78, 5) is 43.0. The highest BCUT2D eigenvalue weighted by molar-refractivity contribution is 6.74. The van der Waals surface area contributed by atoms with Gasteiger partial charge in [-0.3, -0.25) is 9.88 Å². The number of ether oxygens (including phenoxy) is 2. The number of carbonyl (C=O) groups is 2. The molecule has 3 rings (SSSR count). The van der Waals surface area contributed by atoms with Crippen molar-refractivity contribution in [3.8, 4) is 11.3 Å². The van der Waals surface area contributed by atoms with Crippen molar-refractivity contribution in [2.45, 2.75) is 98.1 Å². The van der Waals surface area contributed by atoms with Crippen LogP contribution in [0.1, 0.15) is 68.7 Å². The van der Waals surface area contributed by atoms with Gasteiger partial charge in [-0.15, -0.1) is 0 Å². The Labute approximate surface area is 279 Å². The molecule has 0 N–H and O–H groups in total. The van der Waals surface area contributed by atoms with E-state index in [-0.39, 0.29) is 10.9 Å². The maximum absolute atomic E-state index is 13.4. The summed E-state index contributed by atoms with van der Waals surface area (Å²) in [6.45, 7) is 22.8. The van der Waals surface area contributed by atoms with Crippen LogP contribution in [0.25, 0.3) is 11.3 Å². The third-order valence-electron chi connectivity index (χ3n) is 7.26. The molecule has 0 fully saturated rings. The summed E-state index contributed by atoms with van der Waals surface area (Å²) in [5.74, 6) is 0.277. The van der Waals surface area contributed by atoms with Crippen molar-refractivity contribution in [2.75, 3.05) is 23.0 Å². The fourth-order valence-corrected chi connectivity index (χ4v) is 5.28. The van der Waals surface area contributed by atoms with Crippen molar-refractivity contribution in [3.05, 3.63) is 60.1 Å². The van der Waals surface area contributed by atoms with E-state index < -0.39 is 31.7 Å². The normalized spacial score (nSPS) is 12.4. The Morgan fingerprint density at radius 1 is 0.848 bits per heavy atom. The zero-order valence-electron chi connectivity index (χ0n) is 29.0. The third-order valence-corrected chi connectivity index (χ3v) is 12.0. The fraction of sp³-hybridized carbons (Fsp3) is 0.500. The van der Waals surface area contributed by atoms with E-state index in [0.29, 0.717) is 47.2 Å². The van der Waals surface area contributed by atoms with Gasteiger partial charge in [0, 0.05) is 36.0 Å². The molecule has 0 saturated carbocycles. The Morgan fingerprint density at radius 3 is 2.11 bits per heavy atom. The molecule has 0 spiro atoms. The predicted molar refractivity (Wildman–Crippen MR) is 186 cm³/mol. The number of nitrogens with zero attached hydrogens (tertiary/aromatic N) is 5. The van der Waals surface area contributed by atoms with Gasteiger partial charge in [0.1, 0.15) is 23.3 Å². The molecule has 0 aliphatic carbocycles. The summed E-state index contributed by atoms with van der Waals surface area (Å²) in [5.41, 5.74) is 0.684. The van der Waals surface area contributed by atoms with Crippen molar-refractivity contribution in [1.29, 1.82) is 0 Å². The Morgan fingerprint density at radius 2 is 1.50 bits per heavy atom. The maximum atomic E-state index is 13.4. The van der Waals surface area contributed by atoms with Crippen molar-refractivity contribution in [1.82, 2.24) is 15.0 Å². The van der Waals surface area contributed by atoms with Crippen molar-refractivity contribution in [2.24, 2.45) is 0 Å². The molecule has 10 nitrogen and oxygen atoms in total. The van der Waals surface area contributed by atoms with Crippen molar-refractivity contribution >= 4 is 49.3 Å². The van der Waals surface area contributed by atoms with Crippen LogP contribution in [0, 0.1) is 0 Å². The van der Waals surface area contributed by atoms with Crippen LogP contribution in [0.2, 0.25) is 23.2 Å². The summed E-state index contributed by atoms with van der Waals surface area (Å²) < 4.78 is 17.8. The van der Waals surface area contributed by atoms with E-state index in [1.807, 2.05) is 26.8 Å². The zero-order chi connectivity index (χ0) is 34.5. The van der Waals surface area contributed by atoms with E-state index in [2.05, 4.69) is 48.8 Å². The second-order valence-corrected chi connectivity index (χ2v) is 19.8. The zero-order valence-corrected chi connectivity index (χ0v) is 30.7. The minimum Gasteiger partial charge on any atom is -0.443 e. The lowest BCUT2D eigenvalue weighted by Gasteiger charge is -2.36. The van der Waals surface area contributed by atoms with E-state index in [1.54, 1.807) is 68.4 Å². The molecular formula is C34H48ClN5O5Si. The first-order valence-electron chi connectivity index (χ1n) is 15.4. The van der Waals surface area contributed by atoms with Gasteiger partial charge in [0.05, 0.1) is 23.3 Å². The van der Waals surface area contributed by atoms with Gasteiger partial charge < -0.3 is 13.9 Å². The number of halogens is 1. The molecule has 0 aliphatic rings. The first kappa shape index (κ1) is 36.9. The van der Waals surface area contributed by atoms with E-state index in [0.717, 1.165) is 0 Å². The number of carbonyl (C=O) groups excluding carboxylic acids is 2. The SMILES string of the molecule is CC(C)(C)OC(=O)N(CCCO[Si](C)(C)C(C)(C)C)c1cncc(-c2cc(N(C(=O)OC(C)(C)C)c3cccc(Cl)c3)ncn2)c1. The number of aromatic nitrogens is 3. The molecule has 12 heteroatoms. The molecule has 2 amide bonds. The van der Waals surface area contributed by atoms with Gasteiger partial charge in [0.2, 0.25) is 0 Å². The van der Waals surface area contributed by atoms with Gasteiger partial charge in [0.15, 0.2) is 8.32 Å². The van der Waals surface area contributed by atoms with Crippen LogP contribution in [0.4, 0.5) is 26.8 Å². The van der Waals surface area contributed by atoms with Gasteiger partial charge in [-0.25, -0.2) is 24.5 Å². The fourth-order valence-electron chi connectivity index (χ4n) is 4.01. The Kier molecular flexibility index (Phi) is 11.6. The number of hydrogen-bond acceptors (Lipinski definition) is 8. The van der Waals surface area contributed by atoms with Gasteiger partial charge >= 0.3 is 12.2 Å². The Hall–Kier alpha value is -3.54. The van der Waals surface area contributed by atoms with Crippen LogP contribution in [-0.4, -0.2) is 59.8 Å². The topological polar surface area (TPSA) is 107 Å². The van der Waals surface area contributed by atoms with E-state index >= 15 is 0 Å². The van der Waals surface area contributed by atoms with Crippen molar-refractivity contribution < 1.29 is 23.5 Å². The van der Waals surface area contributed by atoms with Crippen LogP contribution in [0.15, 0.2) is 55.1 Å². The third kappa shape index (κ3) is 10.5. The molecule has 250 valence electrons. The number of rotatable bonds is 9. The Balaban J connectivity index is 1.97. The molecule has 0 bridgehead atoms. The summed E-state index contributed by atoms with van der Waals surface area (Å²) >= 11 is 6.27. The van der Waals surface area contributed by atoms with Gasteiger partial charge in [-0.05, 0) is 90.4 Å². The van der Waals surface area contributed by atoms with Crippen LogP contribution < -0.4 is 9.80 Å². The number of hydrogen-bond donors (Lipinski definition) is 0. The minimum atomic E-state index is -1.94. The monoisotopic (exact) mass is 669 g/mol. The molecule has 0 atom stereocenters. The van der Waals surface area contributed by atoms with Crippen molar-refractivity contribution in [3.63, 3.8) is 0 Å². The van der Waals surface area contributed by atoms with Gasteiger partial charge in [-0.1, -0.05) is 38.4 Å². The highest BCUT2D eigenvalue weighted by Crippen LogP contribution is 2.37. The molecule has 0 aliphatic heterocycles. The first-order chi connectivity index (χ1) is 21.2. The smallest absolute Gasteiger partial charge is 0.420 e. The van der Waals surface area contributed by atoms with E-state index in [9.17, 15) is 9.59 Å². The van der Waals surface area contributed by atoms with Gasteiger partial charge in [-0.2, -0.15) is 0 Å². The highest BCUT2D eigenvalue weighted by Gasteiger charge is 2.37. The van der Waals surface area contributed by atoms with E-state index in [1.165, 1.54) is 11.2 Å². The summed E-state index contributed by atoms with van der Waals surface area (Å²) in [7, 11) is -1.94. The number of anilines is 3. The molecule has 0 saturated heterocycles. The second-order valence-electron chi connectivity index (χ2n) is 14.6.